The Hall–Kier alpha value is -3.20. The Morgan fingerprint density at radius 1 is 1.06 bits per heavy atom. The number of fused-ring (bicyclic) bond motifs is 1. The quantitative estimate of drug-likeness (QED) is 0.618. The SMILES string of the molecule is CC(C)CC1(C(=O)O)NC(c2ccc(C(F)(F)F)cc2)C2C(=O)N(Cc3ccccc3)C(=O)C21. The number of nitrogens with one attached hydrogen (secondary N) is 1. The Morgan fingerprint density at radius 2 is 1.68 bits per heavy atom. The predicted molar refractivity (Wildman–Crippen MR) is 116 cm³/mol. The van der Waals surface area contributed by atoms with Crippen LogP contribution >= 0.6 is 0 Å². The fraction of sp³-hybridized carbons (Fsp3) is 0.400. The van der Waals surface area contributed by atoms with Gasteiger partial charge in [-0.05, 0) is 35.6 Å². The van der Waals surface area contributed by atoms with Gasteiger partial charge in [-0.2, -0.15) is 13.2 Å². The molecule has 34 heavy (non-hydrogen) atoms. The largest absolute Gasteiger partial charge is 0.480 e. The molecule has 0 aromatic heterocycles. The lowest BCUT2D eigenvalue weighted by Crippen LogP contribution is -2.56. The molecule has 0 spiro atoms. The summed E-state index contributed by atoms with van der Waals surface area (Å²) >= 11 is 0. The number of carbonyl (C=O) groups is 3. The normalized spacial score (nSPS) is 26.9. The molecule has 2 aliphatic heterocycles. The summed E-state index contributed by atoms with van der Waals surface area (Å²) in [6, 6.07) is 12.2. The fourth-order valence-corrected chi connectivity index (χ4v) is 5.27. The van der Waals surface area contributed by atoms with E-state index in [0.717, 1.165) is 17.0 Å². The van der Waals surface area contributed by atoms with Crippen molar-refractivity contribution in [3.8, 4) is 0 Å². The predicted octanol–water partition coefficient (Wildman–Crippen LogP) is 4.02. The number of aliphatic carboxylic acids is 1. The molecule has 2 N–H and O–H groups in total. The van der Waals surface area contributed by atoms with Crippen LogP contribution in [0.15, 0.2) is 54.6 Å². The summed E-state index contributed by atoms with van der Waals surface area (Å²) in [5.41, 5.74) is -1.52. The van der Waals surface area contributed by atoms with Gasteiger partial charge in [0.25, 0.3) is 0 Å². The molecule has 0 saturated carbocycles. The van der Waals surface area contributed by atoms with Crippen LogP contribution < -0.4 is 5.32 Å². The number of carbonyl (C=O) groups excluding carboxylic acids is 2. The number of carboxylic acids is 1. The minimum Gasteiger partial charge on any atom is -0.480 e. The van der Waals surface area contributed by atoms with Gasteiger partial charge in [-0.1, -0.05) is 56.3 Å². The second-order valence-electron chi connectivity index (χ2n) is 9.37. The molecule has 2 fully saturated rings. The standard InChI is InChI=1S/C25H25F3N2O4/c1-14(2)12-24(23(33)34)19-18(20(29-24)16-8-10-17(11-9-16)25(26,27)28)21(31)30(22(19)32)13-15-6-4-3-5-7-15/h3-11,14,18-20,29H,12-13H2,1-2H3,(H,33,34). The van der Waals surface area contributed by atoms with Gasteiger partial charge in [-0.3, -0.25) is 24.6 Å². The van der Waals surface area contributed by atoms with Gasteiger partial charge >= 0.3 is 12.1 Å². The molecule has 4 rings (SSSR count). The van der Waals surface area contributed by atoms with Crippen molar-refractivity contribution >= 4 is 17.8 Å². The van der Waals surface area contributed by atoms with Gasteiger partial charge in [0.1, 0.15) is 5.54 Å². The molecular weight excluding hydrogens is 449 g/mol. The van der Waals surface area contributed by atoms with Crippen LogP contribution in [0.2, 0.25) is 0 Å². The molecule has 2 heterocycles. The smallest absolute Gasteiger partial charge is 0.416 e. The first-order valence-corrected chi connectivity index (χ1v) is 11.0. The van der Waals surface area contributed by atoms with Crippen LogP contribution in [-0.4, -0.2) is 33.3 Å². The number of benzene rings is 2. The molecule has 6 nitrogen and oxygen atoms in total. The Labute approximate surface area is 194 Å². The molecule has 2 aromatic rings. The number of imide groups is 1. The summed E-state index contributed by atoms with van der Waals surface area (Å²) in [6.07, 6.45) is -4.45. The van der Waals surface area contributed by atoms with E-state index >= 15 is 0 Å². The maximum absolute atomic E-state index is 13.5. The highest BCUT2D eigenvalue weighted by Gasteiger charge is 2.68. The minimum atomic E-state index is -4.53. The maximum Gasteiger partial charge on any atom is 0.416 e. The first-order chi connectivity index (χ1) is 16.0. The highest BCUT2D eigenvalue weighted by atomic mass is 19.4. The Kier molecular flexibility index (Phi) is 6.01. The summed E-state index contributed by atoms with van der Waals surface area (Å²) in [7, 11) is 0. The molecule has 0 aliphatic carbocycles. The molecule has 2 aliphatic rings. The Balaban J connectivity index is 1.77. The summed E-state index contributed by atoms with van der Waals surface area (Å²) in [4.78, 5) is 40.7. The van der Waals surface area contributed by atoms with E-state index in [1.54, 1.807) is 30.3 Å². The summed E-state index contributed by atoms with van der Waals surface area (Å²) in [5.74, 6) is -4.69. The highest BCUT2D eigenvalue weighted by molar-refractivity contribution is 6.09. The van der Waals surface area contributed by atoms with Crippen molar-refractivity contribution in [1.29, 1.82) is 0 Å². The average molecular weight is 474 g/mol. The number of carboxylic acid groups (broad SMARTS) is 1. The van der Waals surface area contributed by atoms with Gasteiger partial charge in [0.05, 0.1) is 23.9 Å². The van der Waals surface area contributed by atoms with Crippen molar-refractivity contribution in [2.75, 3.05) is 0 Å². The minimum absolute atomic E-state index is 0.00260. The number of halogens is 3. The summed E-state index contributed by atoms with van der Waals surface area (Å²) in [6.45, 7) is 3.63. The van der Waals surface area contributed by atoms with Crippen molar-refractivity contribution in [1.82, 2.24) is 10.2 Å². The second kappa shape index (κ2) is 8.54. The van der Waals surface area contributed by atoms with E-state index in [2.05, 4.69) is 5.32 Å². The van der Waals surface area contributed by atoms with Crippen molar-refractivity contribution in [2.45, 2.75) is 44.6 Å². The van der Waals surface area contributed by atoms with Crippen LogP contribution in [0.5, 0.6) is 0 Å². The van der Waals surface area contributed by atoms with Gasteiger partial charge in [0.15, 0.2) is 0 Å². The molecular formula is C25H25F3N2O4. The van der Waals surface area contributed by atoms with Gasteiger partial charge in [0.2, 0.25) is 11.8 Å². The van der Waals surface area contributed by atoms with Crippen LogP contribution in [0.4, 0.5) is 13.2 Å². The van der Waals surface area contributed by atoms with E-state index in [1.807, 2.05) is 13.8 Å². The van der Waals surface area contributed by atoms with E-state index in [4.69, 9.17) is 0 Å². The number of hydrogen-bond donors (Lipinski definition) is 2. The van der Waals surface area contributed by atoms with Crippen molar-refractivity contribution < 1.29 is 32.7 Å². The van der Waals surface area contributed by atoms with Crippen LogP contribution in [0.25, 0.3) is 0 Å². The second-order valence-corrected chi connectivity index (χ2v) is 9.37. The van der Waals surface area contributed by atoms with Crippen molar-refractivity contribution in [3.63, 3.8) is 0 Å². The van der Waals surface area contributed by atoms with Gasteiger partial charge in [0, 0.05) is 6.04 Å². The van der Waals surface area contributed by atoms with Crippen LogP contribution in [-0.2, 0) is 27.1 Å². The topological polar surface area (TPSA) is 86.7 Å². The third-order valence-corrected chi connectivity index (χ3v) is 6.64. The van der Waals surface area contributed by atoms with Crippen LogP contribution in [0.1, 0.15) is 43.0 Å². The lowest BCUT2D eigenvalue weighted by atomic mass is 9.75. The van der Waals surface area contributed by atoms with Crippen molar-refractivity contribution in [3.05, 3.63) is 71.3 Å². The zero-order valence-electron chi connectivity index (χ0n) is 18.7. The third-order valence-electron chi connectivity index (χ3n) is 6.64. The molecule has 4 unspecified atom stereocenters. The third kappa shape index (κ3) is 3.98. The van der Waals surface area contributed by atoms with E-state index < -0.39 is 52.9 Å². The van der Waals surface area contributed by atoms with Crippen LogP contribution in [0.3, 0.4) is 0 Å². The first kappa shape index (κ1) is 23.9. The maximum atomic E-state index is 13.5. The van der Waals surface area contributed by atoms with Gasteiger partial charge in [-0.15, -0.1) is 0 Å². The zero-order chi connectivity index (χ0) is 24.8. The molecule has 0 bridgehead atoms. The summed E-state index contributed by atoms with van der Waals surface area (Å²) in [5, 5.41) is 13.3. The fourth-order valence-electron chi connectivity index (χ4n) is 5.27. The Morgan fingerprint density at radius 3 is 2.21 bits per heavy atom. The molecule has 9 heteroatoms. The van der Waals surface area contributed by atoms with Gasteiger partial charge < -0.3 is 5.11 Å². The number of rotatable bonds is 6. The lowest BCUT2D eigenvalue weighted by molar-refractivity contribution is -0.152. The highest BCUT2D eigenvalue weighted by Crippen LogP contribution is 2.51. The van der Waals surface area contributed by atoms with Crippen molar-refractivity contribution in [2.24, 2.45) is 17.8 Å². The number of likely N-dealkylation sites (tertiary alicyclic amines) is 1. The Bertz CT molecular complexity index is 1100. The average Bonchev–Trinajstić information content (AvgIpc) is 3.23. The van der Waals surface area contributed by atoms with E-state index in [9.17, 15) is 32.7 Å². The molecule has 2 saturated heterocycles. The monoisotopic (exact) mass is 474 g/mol. The zero-order valence-corrected chi connectivity index (χ0v) is 18.7. The van der Waals surface area contributed by atoms with E-state index in [-0.39, 0.29) is 18.9 Å². The molecule has 2 aromatic carbocycles. The number of amides is 2. The van der Waals surface area contributed by atoms with Gasteiger partial charge in [-0.25, -0.2) is 0 Å². The van der Waals surface area contributed by atoms with E-state index in [1.165, 1.54) is 12.1 Å². The number of alkyl halides is 3. The number of nitrogens with zero attached hydrogens (tertiary/aromatic N) is 1. The van der Waals surface area contributed by atoms with Crippen LogP contribution in [0, 0.1) is 17.8 Å². The molecule has 180 valence electrons. The lowest BCUT2D eigenvalue weighted by Gasteiger charge is -2.32. The first-order valence-electron chi connectivity index (χ1n) is 11.0. The number of hydrogen-bond acceptors (Lipinski definition) is 4. The molecule has 4 atom stereocenters. The summed E-state index contributed by atoms with van der Waals surface area (Å²) < 4.78 is 39.2. The molecule has 2 amide bonds. The molecule has 0 radical (unpaired) electrons. The van der Waals surface area contributed by atoms with E-state index in [0.29, 0.717) is 11.1 Å².